The van der Waals surface area contributed by atoms with Crippen molar-refractivity contribution >= 4 is 0 Å². The molecule has 2 rings (SSSR count). The summed E-state index contributed by atoms with van der Waals surface area (Å²) < 4.78 is 5.42. The van der Waals surface area contributed by atoms with Gasteiger partial charge in [-0.2, -0.15) is 0 Å². The molecule has 2 N–H and O–H groups in total. The first-order valence-corrected chi connectivity index (χ1v) is 5.77. The average molecular weight is 221 g/mol. The normalized spacial score (nSPS) is 21.7. The lowest BCUT2D eigenvalue weighted by atomic mass is 9.70. The maximum absolute atomic E-state index is 6.16. The van der Waals surface area contributed by atoms with E-state index in [1.807, 2.05) is 19.3 Å². The fourth-order valence-electron chi connectivity index (χ4n) is 2.39. The van der Waals surface area contributed by atoms with Crippen LogP contribution in [0.4, 0.5) is 0 Å². The molecule has 1 atom stereocenters. The number of nitrogens with two attached hydrogens (primary N) is 1. The molecule has 0 spiro atoms. The molecule has 88 valence electrons. The predicted octanol–water partition coefficient (Wildman–Crippen LogP) is 1.18. The summed E-state index contributed by atoms with van der Waals surface area (Å²) in [6.07, 6.45) is 5.74. The van der Waals surface area contributed by atoms with Gasteiger partial charge in [-0.15, -0.1) is 0 Å². The molecule has 1 aromatic heterocycles. The van der Waals surface area contributed by atoms with E-state index in [1.165, 1.54) is 0 Å². The van der Waals surface area contributed by atoms with Crippen LogP contribution >= 0.6 is 0 Å². The molecule has 0 radical (unpaired) electrons. The second kappa shape index (κ2) is 4.47. The summed E-state index contributed by atoms with van der Waals surface area (Å²) in [6, 6.07) is 0.0997. The second-order valence-electron chi connectivity index (χ2n) is 4.58. The van der Waals surface area contributed by atoms with Gasteiger partial charge in [0.05, 0.1) is 0 Å². The number of nitrogens with zero attached hydrogens (tertiary/aromatic N) is 2. The van der Waals surface area contributed by atoms with Crippen molar-refractivity contribution in [3.8, 4) is 0 Å². The van der Waals surface area contributed by atoms with Crippen LogP contribution in [0.5, 0.6) is 0 Å². The molecule has 1 saturated heterocycles. The van der Waals surface area contributed by atoms with Gasteiger partial charge < -0.3 is 10.5 Å². The zero-order valence-electron chi connectivity index (χ0n) is 9.94. The van der Waals surface area contributed by atoms with Crippen molar-refractivity contribution in [2.75, 3.05) is 13.2 Å². The van der Waals surface area contributed by atoms with Crippen molar-refractivity contribution in [1.82, 2.24) is 9.97 Å². The molecule has 16 heavy (non-hydrogen) atoms. The molecule has 0 saturated carbocycles. The number of hydrogen-bond acceptors (Lipinski definition) is 4. The zero-order chi connectivity index (χ0) is 11.6. The third kappa shape index (κ3) is 1.95. The van der Waals surface area contributed by atoms with Crippen LogP contribution < -0.4 is 5.73 Å². The Bertz CT molecular complexity index is 342. The summed E-state index contributed by atoms with van der Waals surface area (Å²) in [5, 5.41) is 0. The molecule has 4 heteroatoms. The van der Waals surface area contributed by atoms with Crippen molar-refractivity contribution in [2.45, 2.75) is 38.1 Å². The summed E-state index contributed by atoms with van der Waals surface area (Å²) in [6.45, 7) is 5.50. The van der Waals surface area contributed by atoms with E-state index in [2.05, 4.69) is 16.9 Å². The molecular formula is C12H19N3O. The summed E-state index contributed by atoms with van der Waals surface area (Å²) in [5.74, 6) is 0.802. The van der Waals surface area contributed by atoms with Gasteiger partial charge in [-0.25, -0.2) is 9.97 Å². The molecular weight excluding hydrogens is 202 g/mol. The fraction of sp³-hybridized carbons (Fsp3) is 0.667. The van der Waals surface area contributed by atoms with Gasteiger partial charge in [-0.05, 0) is 32.3 Å². The summed E-state index contributed by atoms with van der Waals surface area (Å²) in [5.41, 5.74) is 7.30. The van der Waals surface area contributed by atoms with Crippen molar-refractivity contribution < 1.29 is 4.74 Å². The molecule has 1 aromatic rings. The van der Waals surface area contributed by atoms with E-state index in [0.29, 0.717) is 0 Å². The highest BCUT2D eigenvalue weighted by Crippen LogP contribution is 2.36. The number of ether oxygens (including phenoxy) is 1. The number of aromatic nitrogens is 2. The zero-order valence-corrected chi connectivity index (χ0v) is 9.94. The molecule has 1 aliphatic rings. The monoisotopic (exact) mass is 221 g/mol. The van der Waals surface area contributed by atoms with Crippen molar-refractivity contribution in [3.63, 3.8) is 0 Å². The van der Waals surface area contributed by atoms with Crippen molar-refractivity contribution in [2.24, 2.45) is 5.73 Å². The minimum absolute atomic E-state index is 0.00799. The molecule has 0 amide bonds. The Labute approximate surface area is 96.2 Å². The first-order valence-electron chi connectivity index (χ1n) is 5.77. The topological polar surface area (TPSA) is 61.0 Å². The summed E-state index contributed by atoms with van der Waals surface area (Å²) in [7, 11) is 0. The average Bonchev–Trinajstić information content (AvgIpc) is 2.30. The second-order valence-corrected chi connectivity index (χ2v) is 4.58. The summed E-state index contributed by atoms with van der Waals surface area (Å²) in [4.78, 5) is 8.55. The highest BCUT2D eigenvalue weighted by Gasteiger charge is 2.38. The first kappa shape index (κ1) is 11.5. The molecule has 0 aliphatic carbocycles. The Morgan fingerprint density at radius 3 is 2.38 bits per heavy atom. The Hall–Kier alpha value is -1.00. The minimum Gasteiger partial charge on any atom is -0.381 e. The van der Waals surface area contributed by atoms with Gasteiger partial charge in [-0.1, -0.05) is 0 Å². The predicted molar refractivity (Wildman–Crippen MR) is 62.1 cm³/mol. The molecule has 2 heterocycles. The standard InChI is InChI=1S/C12H19N3O/c1-9(13)12(3-5-16-6-4-12)11-7-14-10(2)15-8-11/h7-9H,3-6,13H2,1-2H3. The third-order valence-electron chi connectivity index (χ3n) is 3.61. The van der Waals surface area contributed by atoms with E-state index >= 15 is 0 Å². The van der Waals surface area contributed by atoms with Gasteiger partial charge >= 0.3 is 0 Å². The Morgan fingerprint density at radius 2 is 1.88 bits per heavy atom. The summed E-state index contributed by atoms with van der Waals surface area (Å²) >= 11 is 0. The van der Waals surface area contributed by atoms with Gasteiger partial charge in [-0.3, -0.25) is 0 Å². The largest absolute Gasteiger partial charge is 0.381 e. The van der Waals surface area contributed by atoms with Gasteiger partial charge in [0.1, 0.15) is 5.82 Å². The number of aryl methyl sites for hydroxylation is 1. The highest BCUT2D eigenvalue weighted by atomic mass is 16.5. The molecule has 0 aromatic carbocycles. The van der Waals surface area contributed by atoms with Crippen molar-refractivity contribution in [3.05, 3.63) is 23.8 Å². The lowest BCUT2D eigenvalue weighted by Gasteiger charge is -2.40. The highest BCUT2D eigenvalue weighted by molar-refractivity contribution is 5.23. The van der Waals surface area contributed by atoms with E-state index in [0.717, 1.165) is 37.4 Å². The lowest BCUT2D eigenvalue weighted by molar-refractivity contribution is 0.0420. The third-order valence-corrected chi connectivity index (χ3v) is 3.61. The van der Waals surface area contributed by atoms with Crippen LogP contribution in [0.25, 0.3) is 0 Å². The van der Waals surface area contributed by atoms with E-state index < -0.39 is 0 Å². The number of rotatable bonds is 2. The minimum atomic E-state index is -0.00799. The number of hydrogen-bond donors (Lipinski definition) is 1. The molecule has 1 fully saturated rings. The van der Waals surface area contributed by atoms with Crippen LogP contribution in [0.3, 0.4) is 0 Å². The van der Waals surface area contributed by atoms with Crippen LogP contribution in [0.2, 0.25) is 0 Å². The Kier molecular flexibility index (Phi) is 3.21. The Balaban J connectivity index is 2.34. The molecule has 4 nitrogen and oxygen atoms in total. The van der Waals surface area contributed by atoms with E-state index in [1.54, 1.807) is 0 Å². The maximum Gasteiger partial charge on any atom is 0.125 e. The lowest BCUT2D eigenvalue weighted by Crippen LogP contribution is -2.47. The molecule has 1 unspecified atom stereocenters. The smallest absolute Gasteiger partial charge is 0.125 e. The van der Waals surface area contributed by atoms with Crippen LogP contribution in [-0.2, 0) is 10.2 Å². The van der Waals surface area contributed by atoms with Crippen LogP contribution in [-0.4, -0.2) is 29.2 Å². The van der Waals surface area contributed by atoms with Crippen LogP contribution in [0.15, 0.2) is 12.4 Å². The fourth-order valence-corrected chi connectivity index (χ4v) is 2.39. The quantitative estimate of drug-likeness (QED) is 0.814. The maximum atomic E-state index is 6.16. The molecule has 0 bridgehead atoms. The van der Waals surface area contributed by atoms with Crippen molar-refractivity contribution in [1.29, 1.82) is 0 Å². The van der Waals surface area contributed by atoms with Gasteiger partial charge in [0.25, 0.3) is 0 Å². The van der Waals surface area contributed by atoms with Crippen LogP contribution in [0, 0.1) is 6.92 Å². The van der Waals surface area contributed by atoms with E-state index in [9.17, 15) is 0 Å². The Morgan fingerprint density at radius 1 is 1.31 bits per heavy atom. The van der Waals surface area contributed by atoms with E-state index in [-0.39, 0.29) is 11.5 Å². The molecule has 1 aliphatic heterocycles. The first-order chi connectivity index (χ1) is 7.65. The van der Waals surface area contributed by atoms with Gasteiger partial charge in [0.2, 0.25) is 0 Å². The van der Waals surface area contributed by atoms with Gasteiger partial charge in [0.15, 0.2) is 0 Å². The SMILES string of the molecule is Cc1ncc(C2(C(C)N)CCOCC2)cn1. The van der Waals surface area contributed by atoms with Crippen LogP contribution in [0.1, 0.15) is 31.2 Å². The van der Waals surface area contributed by atoms with E-state index in [4.69, 9.17) is 10.5 Å². The van der Waals surface area contributed by atoms with Gasteiger partial charge in [0, 0.05) is 37.1 Å².